The average Bonchev–Trinajstić information content (AvgIpc) is 2.64. The van der Waals surface area contributed by atoms with Gasteiger partial charge in [0.05, 0.1) is 13.7 Å². The van der Waals surface area contributed by atoms with Crippen molar-refractivity contribution in [3.8, 4) is 11.5 Å². The highest BCUT2D eigenvalue weighted by Gasteiger charge is 2.15. The number of para-hydroxylation sites is 1. The number of benzene rings is 1. The molecule has 1 N–H and O–H groups in total. The number of ether oxygens (including phenoxy) is 3. The van der Waals surface area contributed by atoms with Crippen LogP contribution in [0.1, 0.15) is 5.56 Å². The van der Waals surface area contributed by atoms with Crippen LogP contribution >= 0.6 is 0 Å². The molecule has 0 atom stereocenters. The van der Waals surface area contributed by atoms with Crippen LogP contribution in [-0.4, -0.2) is 63.7 Å². The third-order valence-electron chi connectivity index (χ3n) is 3.26. The van der Waals surface area contributed by atoms with E-state index in [9.17, 15) is 23.2 Å². The van der Waals surface area contributed by atoms with E-state index in [-0.39, 0.29) is 29.5 Å². The zero-order valence-electron chi connectivity index (χ0n) is 15.0. The minimum atomic E-state index is -3.08. The van der Waals surface area contributed by atoms with Gasteiger partial charge in [-0.2, -0.15) is 8.78 Å². The van der Waals surface area contributed by atoms with Gasteiger partial charge in [-0.05, 0) is 12.1 Å². The van der Waals surface area contributed by atoms with Gasteiger partial charge in [-0.3, -0.25) is 9.59 Å². The summed E-state index contributed by atoms with van der Waals surface area (Å²) < 4.78 is 39.2. The molecule has 2 amide bonds. The van der Waals surface area contributed by atoms with E-state index < -0.39 is 25.1 Å². The zero-order chi connectivity index (χ0) is 20.4. The summed E-state index contributed by atoms with van der Waals surface area (Å²) in [7, 11) is 4.10. The maximum atomic E-state index is 12.6. The number of hydrogen-bond donors (Lipinski definition) is 1. The summed E-state index contributed by atoms with van der Waals surface area (Å²) in [6.45, 7) is -3.83. The second-order valence-corrected chi connectivity index (χ2v) is 5.12. The van der Waals surface area contributed by atoms with E-state index in [4.69, 9.17) is 9.47 Å². The van der Waals surface area contributed by atoms with Crippen molar-refractivity contribution in [3.05, 3.63) is 29.8 Å². The Hall–Kier alpha value is -3.17. The first-order valence-corrected chi connectivity index (χ1v) is 7.69. The standard InChI is InChI=1S/C17H20F2N2O6/c1-20-13(22)9-21(2)14(23)10-26-15(24)8-7-11-5-4-6-12(25-3)16(11)27-17(18)19/h4-8,17H,9-10H2,1-3H3,(H,20,22)/b8-7+. The molecular weight excluding hydrogens is 366 g/mol. The van der Waals surface area contributed by atoms with Gasteiger partial charge >= 0.3 is 12.6 Å². The molecule has 0 aliphatic carbocycles. The van der Waals surface area contributed by atoms with E-state index in [1.54, 1.807) is 0 Å². The number of nitrogens with one attached hydrogen (secondary N) is 1. The topological polar surface area (TPSA) is 94.2 Å². The van der Waals surface area contributed by atoms with Gasteiger partial charge < -0.3 is 24.4 Å². The fourth-order valence-corrected chi connectivity index (χ4v) is 1.87. The zero-order valence-corrected chi connectivity index (χ0v) is 15.0. The number of esters is 1. The van der Waals surface area contributed by atoms with E-state index in [0.29, 0.717) is 0 Å². The number of carbonyl (C=O) groups excluding carboxylic acids is 3. The van der Waals surface area contributed by atoms with Crippen molar-refractivity contribution >= 4 is 23.9 Å². The van der Waals surface area contributed by atoms with Crippen molar-refractivity contribution in [1.29, 1.82) is 0 Å². The van der Waals surface area contributed by atoms with Crippen molar-refractivity contribution in [3.63, 3.8) is 0 Å². The van der Waals surface area contributed by atoms with Gasteiger partial charge in [-0.1, -0.05) is 12.1 Å². The molecule has 0 heterocycles. The highest BCUT2D eigenvalue weighted by atomic mass is 19.3. The van der Waals surface area contributed by atoms with Crippen molar-refractivity contribution in [2.45, 2.75) is 6.61 Å². The fourth-order valence-electron chi connectivity index (χ4n) is 1.87. The molecule has 27 heavy (non-hydrogen) atoms. The molecule has 1 rings (SSSR count). The van der Waals surface area contributed by atoms with Crippen molar-refractivity contribution < 1.29 is 37.4 Å². The van der Waals surface area contributed by atoms with E-state index in [1.165, 1.54) is 45.5 Å². The highest BCUT2D eigenvalue weighted by molar-refractivity contribution is 5.90. The Balaban J connectivity index is 2.71. The summed E-state index contributed by atoms with van der Waals surface area (Å²) >= 11 is 0. The summed E-state index contributed by atoms with van der Waals surface area (Å²) in [6, 6.07) is 4.39. The summed E-state index contributed by atoms with van der Waals surface area (Å²) in [6.07, 6.45) is 2.15. The molecule has 0 radical (unpaired) electrons. The van der Waals surface area contributed by atoms with Crippen molar-refractivity contribution in [2.24, 2.45) is 0 Å². The quantitative estimate of drug-likeness (QED) is 0.504. The molecule has 0 unspecified atom stereocenters. The predicted octanol–water partition coefficient (Wildman–Crippen LogP) is 1.06. The molecular formula is C17H20F2N2O6. The van der Waals surface area contributed by atoms with Crippen LogP contribution < -0.4 is 14.8 Å². The molecule has 1 aromatic carbocycles. The normalized spacial score (nSPS) is 10.6. The first-order valence-electron chi connectivity index (χ1n) is 7.69. The highest BCUT2D eigenvalue weighted by Crippen LogP contribution is 2.33. The maximum absolute atomic E-state index is 12.6. The third-order valence-corrected chi connectivity index (χ3v) is 3.26. The Morgan fingerprint density at radius 1 is 1.30 bits per heavy atom. The number of amides is 2. The number of alkyl halides is 2. The second-order valence-electron chi connectivity index (χ2n) is 5.12. The number of rotatable bonds is 9. The molecule has 0 saturated heterocycles. The smallest absolute Gasteiger partial charge is 0.387 e. The van der Waals surface area contributed by atoms with Crippen LogP contribution in [-0.2, 0) is 19.1 Å². The van der Waals surface area contributed by atoms with Crippen LogP contribution in [0.2, 0.25) is 0 Å². The molecule has 0 aromatic heterocycles. The Kier molecular flexibility index (Phi) is 8.70. The van der Waals surface area contributed by atoms with E-state index in [1.807, 2.05) is 0 Å². The van der Waals surface area contributed by atoms with E-state index in [0.717, 1.165) is 11.0 Å². The SMILES string of the molecule is CNC(=O)CN(C)C(=O)COC(=O)/C=C/c1cccc(OC)c1OC(F)F. The Morgan fingerprint density at radius 2 is 2.00 bits per heavy atom. The third kappa shape index (κ3) is 7.30. The second kappa shape index (κ2) is 10.7. The summed E-state index contributed by atoms with van der Waals surface area (Å²) in [5.74, 6) is -2.00. The molecule has 0 fully saturated rings. The number of carbonyl (C=O) groups is 3. The lowest BCUT2D eigenvalue weighted by Gasteiger charge is -2.15. The Morgan fingerprint density at radius 3 is 2.59 bits per heavy atom. The first-order chi connectivity index (χ1) is 12.8. The minimum absolute atomic E-state index is 0.0665. The summed E-state index contributed by atoms with van der Waals surface area (Å²) in [5, 5.41) is 2.35. The fraction of sp³-hybridized carbons (Fsp3) is 0.353. The number of hydrogen-bond acceptors (Lipinski definition) is 6. The summed E-state index contributed by atoms with van der Waals surface area (Å²) in [5.41, 5.74) is 0.162. The van der Waals surface area contributed by atoms with Crippen LogP contribution in [0.3, 0.4) is 0 Å². The van der Waals surface area contributed by atoms with Crippen LogP contribution in [0.4, 0.5) is 8.78 Å². The minimum Gasteiger partial charge on any atom is -0.493 e. The van der Waals surface area contributed by atoms with Crippen molar-refractivity contribution in [2.75, 3.05) is 34.4 Å². The van der Waals surface area contributed by atoms with Crippen LogP contribution in [0.5, 0.6) is 11.5 Å². The van der Waals surface area contributed by atoms with Gasteiger partial charge in [0.25, 0.3) is 5.91 Å². The first kappa shape index (κ1) is 21.9. The number of methoxy groups -OCH3 is 1. The molecule has 0 bridgehead atoms. The lowest BCUT2D eigenvalue weighted by atomic mass is 10.1. The molecule has 0 saturated carbocycles. The van der Waals surface area contributed by atoms with Gasteiger partial charge in [0, 0.05) is 25.7 Å². The van der Waals surface area contributed by atoms with Gasteiger partial charge in [0.1, 0.15) is 0 Å². The lowest BCUT2D eigenvalue weighted by Crippen LogP contribution is -2.38. The van der Waals surface area contributed by atoms with Crippen LogP contribution in [0.15, 0.2) is 24.3 Å². The molecule has 10 heteroatoms. The molecule has 0 aliphatic heterocycles. The number of nitrogens with zero attached hydrogens (tertiary/aromatic N) is 1. The maximum Gasteiger partial charge on any atom is 0.387 e. The van der Waals surface area contributed by atoms with Crippen molar-refractivity contribution in [1.82, 2.24) is 10.2 Å². The van der Waals surface area contributed by atoms with Gasteiger partial charge in [0.2, 0.25) is 5.91 Å². The number of likely N-dealkylation sites (N-methyl/N-ethyl adjacent to an activating group) is 2. The van der Waals surface area contributed by atoms with Gasteiger partial charge in [-0.25, -0.2) is 4.79 Å². The molecule has 0 spiro atoms. The molecule has 148 valence electrons. The van der Waals surface area contributed by atoms with Gasteiger partial charge in [-0.15, -0.1) is 0 Å². The summed E-state index contributed by atoms with van der Waals surface area (Å²) in [4.78, 5) is 35.8. The molecule has 0 aliphatic rings. The predicted molar refractivity (Wildman–Crippen MR) is 91.3 cm³/mol. The van der Waals surface area contributed by atoms with Gasteiger partial charge in [0.15, 0.2) is 18.1 Å². The molecule has 1 aromatic rings. The van der Waals surface area contributed by atoms with E-state index >= 15 is 0 Å². The van der Waals surface area contributed by atoms with Crippen LogP contribution in [0, 0.1) is 0 Å². The lowest BCUT2D eigenvalue weighted by molar-refractivity contribution is -0.148. The molecule has 8 nitrogen and oxygen atoms in total. The van der Waals surface area contributed by atoms with E-state index in [2.05, 4.69) is 10.1 Å². The number of halogens is 2. The van der Waals surface area contributed by atoms with Crippen LogP contribution in [0.25, 0.3) is 6.08 Å². The Bertz CT molecular complexity index is 709. The largest absolute Gasteiger partial charge is 0.493 e. The average molecular weight is 386 g/mol. The Labute approximate surface area is 154 Å². The monoisotopic (exact) mass is 386 g/mol.